The summed E-state index contributed by atoms with van der Waals surface area (Å²) in [6, 6.07) is 6.96. The van der Waals surface area contributed by atoms with E-state index in [1.54, 1.807) is 24.3 Å². The fourth-order valence-corrected chi connectivity index (χ4v) is 1.18. The van der Waals surface area contributed by atoms with E-state index >= 15 is 0 Å². The maximum atomic E-state index is 11.4. The van der Waals surface area contributed by atoms with Crippen LogP contribution in [0, 0.1) is 0 Å². The molecule has 1 heterocycles. The Labute approximate surface area is 78.5 Å². The molecule has 0 amide bonds. The molecular weight excluding hydrogens is 182 g/mol. The molecule has 0 bridgehead atoms. The molecule has 0 aliphatic rings. The van der Waals surface area contributed by atoms with Crippen molar-refractivity contribution in [2.75, 3.05) is 0 Å². The van der Waals surface area contributed by atoms with Crippen molar-refractivity contribution in [2.24, 2.45) is 16.2 Å². The Balaban J connectivity index is 2.79. The van der Waals surface area contributed by atoms with Crippen LogP contribution >= 0.6 is 0 Å². The monoisotopic (exact) mass is 189 g/mol. The summed E-state index contributed by atoms with van der Waals surface area (Å²) in [6.07, 6.45) is 0. The van der Waals surface area contributed by atoms with E-state index in [1.807, 2.05) is 0 Å². The van der Waals surface area contributed by atoms with E-state index in [0.29, 0.717) is 10.9 Å². The van der Waals surface area contributed by atoms with Crippen molar-refractivity contribution >= 4 is 16.9 Å². The highest BCUT2D eigenvalue weighted by Crippen LogP contribution is 2.09. The van der Waals surface area contributed by atoms with Gasteiger partial charge in [-0.05, 0) is 12.1 Å². The van der Waals surface area contributed by atoms with Crippen LogP contribution < -0.4 is 11.4 Å². The van der Waals surface area contributed by atoms with Gasteiger partial charge in [-0.15, -0.1) is 0 Å². The number of hydrogen-bond donors (Lipinski definition) is 2. The predicted molar refractivity (Wildman–Crippen MR) is 51.1 cm³/mol. The van der Waals surface area contributed by atoms with Crippen LogP contribution in [-0.2, 0) is 0 Å². The molecule has 2 rings (SSSR count). The van der Waals surface area contributed by atoms with Crippen LogP contribution in [0.15, 0.2) is 39.4 Å². The summed E-state index contributed by atoms with van der Waals surface area (Å²) in [5.41, 5.74) is 0.316. The van der Waals surface area contributed by atoms with Crippen LogP contribution in [0.25, 0.3) is 10.9 Å². The molecule has 0 spiro atoms. The summed E-state index contributed by atoms with van der Waals surface area (Å²) in [4.78, 5) is 17.9. The smallest absolute Gasteiger partial charge is 0.260 e. The first-order valence-electron chi connectivity index (χ1n) is 3.91. The standard InChI is InChI=1S/C8H7N5O/c9-13-12-8-10-6-4-2-1-3-5(6)7(14)11-8/h1-4H,(H3,9,10,11,12,14). The van der Waals surface area contributed by atoms with E-state index in [9.17, 15) is 4.79 Å². The maximum absolute atomic E-state index is 11.4. The Morgan fingerprint density at radius 1 is 1.36 bits per heavy atom. The molecule has 0 saturated heterocycles. The second-order valence-corrected chi connectivity index (χ2v) is 2.62. The summed E-state index contributed by atoms with van der Waals surface area (Å²) in [5.74, 6) is 4.96. The average molecular weight is 189 g/mol. The number of H-pyrrole nitrogens is 1. The van der Waals surface area contributed by atoms with Gasteiger partial charge in [0.05, 0.1) is 10.9 Å². The fraction of sp³-hybridized carbons (Fsp3) is 0. The lowest BCUT2D eigenvalue weighted by molar-refractivity contribution is 0.994. The van der Waals surface area contributed by atoms with E-state index in [2.05, 4.69) is 20.3 Å². The molecule has 0 radical (unpaired) electrons. The van der Waals surface area contributed by atoms with Crippen molar-refractivity contribution in [3.05, 3.63) is 34.6 Å². The normalized spacial score (nSPS) is 11.1. The van der Waals surface area contributed by atoms with Gasteiger partial charge in [0.25, 0.3) is 11.5 Å². The molecule has 0 unspecified atom stereocenters. The first-order chi connectivity index (χ1) is 6.81. The molecule has 0 aliphatic carbocycles. The Morgan fingerprint density at radius 3 is 2.93 bits per heavy atom. The van der Waals surface area contributed by atoms with Gasteiger partial charge in [-0.1, -0.05) is 22.5 Å². The Kier molecular flexibility index (Phi) is 1.94. The van der Waals surface area contributed by atoms with Crippen LogP contribution in [0.2, 0.25) is 0 Å². The zero-order valence-corrected chi connectivity index (χ0v) is 7.14. The van der Waals surface area contributed by atoms with Gasteiger partial charge in [-0.3, -0.25) is 9.78 Å². The van der Waals surface area contributed by atoms with Crippen molar-refractivity contribution in [1.82, 2.24) is 9.97 Å². The number of fused-ring (bicyclic) bond motifs is 1. The molecule has 1 aromatic heterocycles. The maximum Gasteiger partial charge on any atom is 0.260 e. The van der Waals surface area contributed by atoms with Gasteiger partial charge in [-0.25, -0.2) is 4.98 Å². The highest BCUT2D eigenvalue weighted by Gasteiger charge is 2.00. The fourth-order valence-electron chi connectivity index (χ4n) is 1.18. The van der Waals surface area contributed by atoms with Crippen LogP contribution in [-0.4, -0.2) is 9.97 Å². The molecule has 6 nitrogen and oxygen atoms in total. The molecule has 6 heteroatoms. The van der Waals surface area contributed by atoms with Gasteiger partial charge in [-0.2, -0.15) is 0 Å². The Hall–Kier alpha value is -2.24. The summed E-state index contributed by atoms with van der Waals surface area (Å²) in [7, 11) is 0. The number of nitrogens with one attached hydrogen (secondary N) is 1. The number of aromatic nitrogens is 2. The summed E-state index contributed by atoms with van der Waals surface area (Å²) in [5, 5.41) is 7.02. The number of rotatable bonds is 1. The summed E-state index contributed by atoms with van der Waals surface area (Å²) >= 11 is 0. The minimum Gasteiger partial charge on any atom is -0.304 e. The lowest BCUT2D eigenvalue weighted by atomic mass is 10.2. The van der Waals surface area contributed by atoms with Crippen LogP contribution in [0.5, 0.6) is 0 Å². The molecule has 0 aliphatic heterocycles. The third-order valence-electron chi connectivity index (χ3n) is 1.75. The van der Waals surface area contributed by atoms with E-state index in [-0.39, 0.29) is 11.5 Å². The lowest BCUT2D eigenvalue weighted by Gasteiger charge is -1.95. The van der Waals surface area contributed by atoms with Gasteiger partial charge < -0.3 is 5.84 Å². The van der Waals surface area contributed by atoms with Crippen molar-refractivity contribution in [2.45, 2.75) is 0 Å². The largest absolute Gasteiger partial charge is 0.304 e. The van der Waals surface area contributed by atoms with E-state index in [0.717, 1.165) is 0 Å². The topological polar surface area (TPSA) is 96.5 Å². The highest BCUT2D eigenvalue weighted by molar-refractivity contribution is 5.77. The first kappa shape index (κ1) is 8.36. The highest BCUT2D eigenvalue weighted by atomic mass is 16.1. The predicted octanol–water partition coefficient (Wildman–Crippen LogP) is 0.880. The van der Waals surface area contributed by atoms with Crippen LogP contribution in [0.4, 0.5) is 5.95 Å². The van der Waals surface area contributed by atoms with Crippen LogP contribution in [0.3, 0.4) is 0 Å². The lowest BCUT2D eigenvalue weighted by Crippen LogP contribution is -2.06. The van der Waals surface area contributed by atoms with Crippen molar-refractivity contribution in [3.63, 3.8) is 0 Å². The third kappa shape index (κ3) is 1.33. The SMILES string of the molecule is NN=Nc1nc2ccccc2c(=O)[nH]1. The minimum absolute atomic E-state index is 0.108. The number of hydrogen-bond acceptors (Lipinski definition) is 4. The van der Waals surface area contributed by atoms with Crippen molar-refractivity contribution in [3.8, 4) is 0 Å². The zero-order chi connectivity index (χ0) is 9.97. The van der Waals surface area contributed by atoms with Crippen LogP contribution in [0.1, 0.15) is 0 Å². The molecule has 0 saturated carbocycles. The summed E-state index contributed by atoms with van der Waals surface area (Å²) in [6.45, 7) is 0. The Bertz CT molecular complexity index is 545. The molecule has 14 heavy (non-hydrogen) atoms. The van der Waals surface area contributed by atoms with Gasteiger partial charge in [0, 0.05) is 0 Å². The molecule has 2 aromatic rings. The number of aromatic amines is 1. The van der Waals surface area contributed by atoms with Gasteiger partial charge in [0.2, 0.25) is 0 Å². The van der Waals surface area contributed by atoms with E-state index < -0.39 is 0 Å². The zero-order valence-electron chi connectivity index (χ0n) is 7.14. The second-order valence-electron chi connectivity index (χ2n) is 2.62. The Morgan fingerprint density at radius 2 is 2.14 bits per heavy atom. The molecule has 0 fully saturated rings. The molecule has 0 atom stereocenters. The number of benzene rings is 1. The van der Waals surface area contributed by atoms with Gasteiger partial charge in [0.1, 0.15) is 0 Å². The van der Waals surface area contributed by atoms with Gasteiger partial charge >= 0.3 is 0 Å². The minimum atomic E-state index is -0.252. The van der Waals surface area contributed by atoms with Crippen molar-refractivity contribution < 1.29 is 0 Å². The number of nitrogens with zero attached hydrogens (tertiary/aromatic N) is 3. The quantitative estimate of drug-likeness (QED) is 0.396. The molecular formula is C8H7N5O. The molecule has 1 aromatic carbocycles. The second kappa shape index (κ2) is 3.25. The third-order valence-corrected chi connectivity index (χ3v) is 1.75. The number of para-hydroxylation sites is 1. The molecule has 3 N–H and O–H groups in total. The molecule has 70 valence electrons. The van der Waals surface area contributed by atoms with Gasteiger partial charge in [0.15, 0.2) is 0 Å². The van der Waals surface area contributed by atoms with E-state index in [1.165, 1.54) is 0 Å². The van der Waals surface area contributed by atoms with E-state index in [4.69, 9.17) is 5.84 Å². The number of nitrogens with two attached hydrogens (primary N) is 1. The van der Waals surface area contributed by atoms with Crippen molar-refractivity contribution in [1.29, 1.82) is 0 Å². The first-order valence-corrected chi connectivity index (χ1v) is 3.91. The summed E-state index contributed by atoms with van der Waals surface area (Å²) < 4.78 is 0. The average Bonchev–Trinajstić information content (AvgIpc) is 2.18.